The number of aromatic amines is 1. The lowest BCUT2D eigenvalue weighted by molar-refractivity contribution is -0.695. The lowest BCUT2D eigenvalue weighted by Crippen LogP contribution is -2.31. The molecule has 4 rings (SSSR count). The van der Waals surface area contributed by atoms with Crippen LogP contribution < -0.4 is 20.5 Å². The van der Waals surface area contributed by atoms with Crippen LogP contribution in [0.2, 0.25) is 0 Å². The van der Waals surface area contributed by atoms with E-state index in [1.807, 2.05) is 36.3 Å². The molecular formula is C25H28N6O4S2. The van der Waals surface area contributed by atoms with Gasteiger partial charge in [-0.2, -0.15) is 0 Å². The van der Waals surface area contributed by atoms with Crippen molar-refractivity contribution in [2.24, 2.45) is 0 Å². The van der Waals surface area contributed by atoms with Crippen LogP contribution in [0.1, 0.15) is 43.2 Å². The minimum atomic E-state index is -1.08. The summed E-state index contributed by atoms with van der Waals surface area (Å²) < 4.78 is 3.93. The number of thiocarbonyl (C=S) groups is 1. The number of carbonyl (C=O) groups is 2. The molecule has 0 unspecified atom stereocenters. The Kier molecular flexibility index (Phi) is 8.72. The molecule has 0 bridgehead atoms. The average molecular weight is 541 g/mol. The van der Waals surface area contributed by atoms with E-state index in [0.717, 1.165) is 30.3 Å². The van der Waals surface area contributed by atoms with Gasteiger partial charge in [0, 0.05) is 31.7 Å². The molecule has 0 radical (unpaired) electrons. The number of carbonyl (C=O) groups excluding carboxylic acids is 2. The highest BCUT2D eigenvalue weighted by Gasteiger charge is 2.32. The number of hydrogen-bond acceptors (Lipinski definition) is 8. The first kappa shape index (κ1) is 26.6. The number of carboxylic acid groups (broad SMARTS) is 1. The minimum absolute atomic E-state index is 0.00364. The van der Waals surface area contributed by atoms with Crippen molar-refractivity contribution in [1.82, 2.24) is 19.3 Å². The Labute approximate surface area is 223 Å². The molecule has 1 aliphatic heterocycles. The monoisotopic (exact) mass is 540 g/mol. The predicted molar refractivity (Wildman–Crippen MR) is 144 cm³/mol. The van der Waals surface area contributed by atoms with Crippen LogP contribution in [0.4, 0.5) is 5.82 Å². The molecule has 1 fully saturated rings. The number of anilines is 1. The summed E-state index contributed by atoms with van der Waals surface area (Å²) in [7, 11) is 0. The molecule has 12 heteroatoms. The second kappa shape index (κ2) is 12.2. The molecule has 0 spiro atoms. The van der Waals surface area contributed by atoms with Crippen molar-refractivity contribution in [3.05, 3.63) is 63.4 Å². The molecule has 2 N–H and O–H groups in total. The summed E-state index contributed by atoms with van der Waals surface area (Å²) in [4.78, 5) is 46.8. The molecule has 10 nitrogen and oxygen atoms in total. The van der Waals surface area contributed by atoms with Crippen LogP contribution in [-0.2, 0) is 16.1 Å². The maximum atomic E-state index is 13.5. The first-order valence-corrected chi connectivity index (χ1v) is 13.3. The molecule has 0 aromatic carbocycles. The fourth-order valence-electron chi connectivity index (χ4n) is 4.04. The summed E-state index contributed by atoms with van der Waals surface area (Å²) in [6, 6.07) is 3.68. The first-order chi connectivity index (χ1) is 17.8. The van der Waals surface area contributed by atoms with Gasteiger partial charge in [0.1, 0.15) is 28.2 Å². The number of H-pyrrole nitrogens is 1. The van der Waals surface area contributed by atoms with Crippen LogP contribution >= 0.6 is 24.0 Å². The summed E-state index contributed by atoms with van der Waals surface area (Å²) >= 11 is 6.57. The molecule has 0 atom stereocenters. The lowest BCUT2D eigenvalue weighted by Gasteiger charge is -2.14. The number of rotatable bonds is 12. The van der Waals surface area contributed by atoms with Gasteiger partial charge in [0.05, 0.1) is 17.0 Å². The Balaban J connectivity index is 1.55. The van der Waals surface area contributed by atoms with Gasteiger partial charge in [0.2, 0.25) is 6.33 Å². The van der Waals surface area contributed by atoms with Gasteiger partial charge in [0.15, 0.2) is 0 Å². The number of imidazole rings is 1. The van der Waals surface area contributed by atoms with Crippen LogP contribution in [0.15, 0.2) is 46.8 Å². The van der Waals surface area contributed by atoms with E-state index in [-0.39, 0.29) is 17.9 Å². The van der Waals surface area contributed by atoms with E-state index in [1.54, 1.807) is 18.3 Å². The highest BCUT2D eigenvalue weighted by molar-refractivity contribution is 8.26. The second-order valence-corrected chi connectivity index (χ2v) is 10.4. The van der Waals surface area contributed by atoms with Gasteiger partial charge in [0.25, 0.3) is 11.5 Å². The fraction of sp³-hybridized carbons (Fsp3) is 0.360. The van der Waals surface area contributed by atoms with Crippen molar-refractivity contribution in [1.29, 1.82) is 0 Å². The molecule has 194 valence electrons. The number of amides is 1. The standard InChI is InChI=1S/C25H28N6O4S2/c1-17-7-5-13-30-22(17)28-21(27-9-6-11-29-14-10-26-16-29)18(23(30)34)15-19-24(35)31(25(36)37-19)12-4-2-3-8-20(32)33/h5,7,10,13-16H,2-4,6,8-9,11-12H2,1H3,(H2,27,32,33,34,35). The zero-order valence-electron chi connectivity index (χ0n) is 20.4. The maximum Gasteiger partial charge on any atom is 0.267 e. The molecule has 1 aliphatic rings. The van der Waals surface area contributed by atoms with Gasteiger partial charge >= 0.3 is 0 Å². The maximum absolute atomic E-state index is 13.5. The summed E-state index contributed by atoms with van der Waals surface area (Å²) in [5.74, 6) is -0.920. The number of carboxylic acids is 1. The number of aryl methyl sites for hydroxylation is 2. The zero-order chi connectivity index (χ0) is 26.4. The van der Waals surface area contributed by atoms with Gasteiger partial charge in [-0.15, -0.1) is 0 Å². The number of unbranched alkanes of at least 4 members (excludes halogenated alkanes) is 2. The number of pyridine rings is 1. The van der Waals surface area contributed by atoms with E-state index < -0.39 is 5.97 Å². The SMILES string of the molecule is Cc1cccn2c(=O)c(/C=C3\SC(=S)N(CCCCCC(=O)[O-])C3=O)c(NCCC[n+]3cc[nH]c3)nc12. The molecule has 0 aliphatic carbocycles. The number of nitrogens with zero attached hydrogens (tertiary/aromatic N) is 4. The molecule has 1 saturated heterocycles. The van der Waals surface area contributed by atoms with E-state index in [0.29, 0.717) is 58.6 Å². The Hall–Kier alpha value is -3.51. The number of aromatic nitrogens is 4. The van der Waals surface area contributed by atoms with E-state index in [1.165, 1.54) is 9.30 Å². The molecule has 3 aromatic rings. The van der Waals surface area contributed by atoms with E-state index >= 15 is 0 Å². The first-order valence-electron chi connectivity index (χ1n) is 12.1. The average Bonchev–Trinajstić information content (AvgIpc) is 3.47. The van der Waals surface area contributed by atoms with Crippen molar-refractivity contribution >= 4 is 57.7 Å². The highest BCUT2D eigenvalue weighted by Crippen LogP contribution is 2.33. The van der Waals surface area contributed by atoms with E-state index in [4.69, 9.17) is 17.2 Å². The van der Waals surface area contributed by atoms with Crippen molar-refractivity contribution in [3.8, 4) is 0 Å². The summed E-state index contributed by atoms with van der Waals surface area (Å²) in [6.07, 6.45) is 11.5. The molecule has 1 amide bonds. The third kappa shape index (κ3) is 6.44. The van der Waals surface area contributed by atoms with Crippen molar-refractivity contribution in [2.75, 3.05) is 18.4 Å². The lowest BCUT2D eigenvalue weighted by atomic mass is 10.2. The number of nitrogens with one attached hydrogen (secondary N) is 2. The predicted octanol–water partition coefficient (Wildman–Crippen LogP) is 1.63. The zero-order valence-corrected chi connectivity index (χ0v) is 22.1. The van der Waals surface area contributed by atoms with Crippen LogP contribution in [0.25, 0.3) is 11.7 Å². The van der Waals surface area contributed by atoms with Crippen molar-refractivity contribution in [3.63, 3.8) is 0 Å². The Morgan fingerprint density at radius 1 is 1.30 bits per heavy atom. The van der Waals surface area contributed by atoms with Crippen LogP contribution in [-0.4, -0.2) is 48.6 Å². The van der Waals surface area contributed by atoms with Gasteiger partial charge in [-0.1, -0.05) is 36.5 Å². The van der Waals surface area contributed by atoms with Gasteiger partial charge in [-0.05, 0) is 43.9 Å². The van der Waals surface area contributed by atoms with Gasteiger partial charge in [-0.3, -0.25) is 23.9 Å². The van der Waals surface area contributed by atoms with Crippen LogP contribution in [0.3, 0.4) is 0 Å². The third-order valence-corrected chi connectivity index (χ3v) is 7.36. The summed E-state index contributed by atoms with van der Waals surface area (Å²) in [5.41, 5.74) is 1.44. The molecule has 37 heavy (non-hydrogen) atoms. The third-order valence-electron chi connectivity index (χ3n) is 5.98. The number of thioether (sulfide) groups is 1. The smallest absolute Gasteiger partial charge is 0.267 e. The van der Waals surface area contributed by atoms with Crippen molar-refractivity contribution in [2.45, 2.75) is 45.6 Å². The van der Waals surface area contributed by atoms with Gasteiger partial charge in [-0.25, -0.2) is 9.55 Å². The Morgan fingerprint density at radius 2 is 2.14 bits per heavy atom. The molecule has 0 saturated carbocycles. The number of hydrogen-bond donors (Lipinski definition) is 2. The topological polar surface area (TPSA) is 127 Å². The summed E-state index contributed by atoms with van der Waals surface area (Å²) in [6.45, 7) is 3.66. The summed E-state index contributed by atoms with van der Waals surface area (Å²) in [5, 5.41) is 13.9. The van der Waals surface area contributed by atoms with Gasteiger partial charge < -0.3 is 15.2 Å². The Morgan fingerprint density at radius 3 is 2.89 bits per heavy atom. The molecular weight excluding hydrogens is 512 g/mol. The normalized spacial score (nSPS) is 14.7. The highest BCUT2D eigenvalue weighted by atomic mass is 32.2. The second-order valence-electron chi connectivity index (χ2n) is 8.71. The minimum Gasteiger partial charge on any atom is -0.550 e. The molecule has 3 aromatic heterocycles. The Bertz CT molecular complexity index is 1400. The van der Waals surface area contributed by atoms with Crippen molar-refractivity contribution < 1.29 is 19.3 Å². The number of fused-ring (bicyclic) bond motifs is 1. The number of aliphatic carboxylic acids is 1. The molecule has 4 heterocycles. The quantitative estimate of drug-likeness (QED) is 0.154. The van der Waals surface area contributed by atoms with Crippen LogP contribution in [0, 0.1) is 6.92 Å². The fourth-order valence-corrected chi connectivity index (χ4v) is 5.33. The largest absolute Gasteiger partial charge is 0.550 e. The van der Waals surface area contributed by atoms with E-state index in [9.17, 15) is 19.5 Å². The van der Waals surface area contributed by atoms with Crippen LogP contribution in [0.5, 0.6) is 0 Å². The van der Waals surface area contributed by atoms with E-state index in [2.05, 4.69) is 10.3 Å².